The largest absolute Gasteiger partial charge is 0.391 e. The number of hydrogen-bond acceptors (Lipinski definition) is 3. The molecule has 0 unspecified atom stereocenters. The molecule has 0 fully saturated rings. The number of nitrogens with zero attached hydrogens (tertiary/aromatic N) is 1. The molecule has 23 heavy (non-hydrogen) atoms. The molecule has 1 aromatic heterocycles. The molecule has 0 aliphatic heterocycles. The molecule has 1 heterocycles. The van der Waals surface area contributed by atoms with E-state index < -0.39 is 35.4 Å². The van der Waals surface area contributed by atoms with Crippen LogP contribution in [0.25, 0.3) is 22.6 Å². The van der Waals surface area contributed by atoms with E-state index in [1.807, 2.05) is 0 Å². The van der Waals surface area contributed by atoms with E-state index in [1.54, 1.807) is 0 Å². The van der Waals surface area contributed by atoms with Crippen molar-refractivity contribution in [2.45, 2.75) is 6.61 Å². The second-order valence-electron chi connectivity index (χ2n) is 4.72. The zero-order valence-electron chi connectivity index (χ0n) is 11.5. The Hall–Kier alpha value is -2.67. The first kappa shape index (κ1) is 15.2. The predicted molar refractivity (Wildman–Crippen MR) is 73.1 cm³/mol. The molecule has 0 aliphatic rings. The minimum Gasteiger partial charge on any atom is -0.391 e. The highest BCUT2D eigenvalue weighted by molar-refractivity contribution is 5.73. The molecule has 0 amide bonds. The van der Waals surface area contributed by atoms with Crippen molar-refractivity contribution < 1.29 is 27.2 Å². The predicted octanol–water partition coefficient (Wildman–Crippen LogP) is 4.06. The molecule has 3 rings (SSSR count). The SMILES string of the molecule is OCc1c(-c2ccc(F)c(F)c2)noc1-c1c(F)cccc1F. The Bertz CT molecular complexity index is 856. The molecule has 2 aromatic carbocycles. The van der Waals surface area contributed by atoms with Gasteiger partial charge in [-0.3, -0.25) is 0 Å². The molecule has 1 N–H and O–H groups in total. The van der Waals surface area contributed by atoms with E-state index in [4.69, 9.17) is 4.52 Å². The van der Waals surface area contributed by atoms with Gasteiger partial charge in [0.1, 0.15) is 17.3 Å². The van der Waals surface area contributed by atoms with Crippen LogP contribution in [0.4, 0.5) is 17.6 Å². The van der Waals surface area contributed by atoms with Crippen LogP contribution in [-0.4, -0.2) is 10.3 Å². The highest BCUT2D eigenvalue weighted by Crippen LogP contribution is 2.35. The fourth-order valence-electron chi connectivity index (χ4n) is 2.24. The Morgan fingerprint density at radius 3 is 2.22 bits per heavy atom. The number of benzene rings is 2. The summed E-state index contributed by atoms with van der Waals surface area (Å²) < 4.78 is 59.0. The van der Waals surface area contributed by atoms with Crippen LogP contribution in [-0.2, 0) is 6.61 Å². The van der Waals surface area contributed by atoms with Crippen LogP contribution in [0.2, 0.25) is 0 Å². The quantitative estimate of drug-likeness (QED) is 0.740. The molecule has 3 nitrogen and oxygen atoms in total. The van der Waals surface area contributed by atoms with Crippen molar-refractivity contribution in [1.82, 2.24) is 5.16 Å². The van der Waals surface area contributed by atoms with E-state index in [0.29, 0.717) is 0 Å². The van der Waals surface area contributed by atoms with Gasteiger partial charge in [-0.05, 0) is 30.3 Å². The number of aliphatic hydroxyl groups is 1. The van der Waals surface area contributed by atoms with Crippen molar-refractivity contribution in [3.8, 4) is 22.6 Å². The monoisotopic (exact) mass is 323 g/mol. The third-order valence-corrected chi connectivity index (χ3v) is 3.33. The summed E-state index contributed by atoms with van der Waals surface area (Å²) in [7, 11) is 0. The lowest BCUT2D eigenvalue weighted by Crippen LogP contribution is -1.94. The number of aromatic nitrogens is 1. The van der Waals surface area contributed by atoms with Gasteiger partial charge in [0, 0.05) is 5.56 Å². The normalized spacial score (nSPS) is 11.0. The van der Waals surface area contributed by atoms with Crippen LogP contribution in [0.5, 0.6) is 0 Å². The van der Waals surface area contributed by atoms with Gasteiger partial charge < -0.3 is 9.63 Å². The van der Waals surface area contributed by atoms with E-state index >= 15 is 0 Å². The van der Waals surface area contributed by atoms with Crippen LogP contribution >= 0.6 is 0 Å². The summed E-state index contributed by atoms with van der Waals surface area (Å²) in [4.78, 5) is 0. The first-order chi connectivity index (χ1) is 11.0. The zero-order chi connectivity index (χ0) is 16.6. The van der Waals surface area contributed by atoms with Crippen molar-refractivity contribution in [3.63, 3.8) is 0 Å². The van der Waals surface area contributed by atoms with Crippen molar-refractivity contribution >= 4 is 0 Å². The van der Waals surface area contributed by atoms with Gasteiger partial charge in [0.15, 0.2) is 17.4 Å². The second-order valence-corrected chi connectivity index (χ2v) is 4.72. The summed E-state index contributed by atoms with van der Waals surface area (Å²) in [6.07, 6.45) is 0. The van der Waals surface area contributed by atoms with Crippen molar-refractivity contribution in [3.05, 3.63) is 65.2 Å². The van der Waals surface area contributed by atoms with E-state index in [0.717, 1.165) is 24.3 Å². The van der Waals surface area contributed by atoms with Gasteiger partial charge in [0.05, 0.1) is 17.7 Å². The molecular weight excluding hydrogens is 314 g/mol. The lowest BCUT2D eigenvalue weighted by Gasteiger charge is -2.04. The molecular formula is C16H9F4NO2. The van der Waals surface area contributed by atoms with Gasteiger partial charge in [-0.2, -0.15) is 0 Å². The van der Waals surface area contributed by atoms with Gasteiger partial charge in [-0.15, -0.1) is 0 Å². The maximum atomic E-state index is 13.9. The Morgan fingerprint density at radius 2 is 1.61 bits per heavy atom. The molecule has 7 heteroatoms. The van der Waals surface area contributed by atoms with Gasteiger partial charge in [-0.1, -0.05) is 11.2 Å². The highest BCUT2D eigenvalue weighted by Gasteiger charge is 2.24. The Balaban J connectivity index is 2.19. The minimum atomic E-state index is -1.12. The molecule has 118 valence electrons. The molecule has 0 spiro atoms. The minimum absolute atomic E-state index is 0.0240. The Morgan fingerprint density at radius 1 is 0.913 bits per heavy atom. The standard InChI is InChI=1S/C16H9F4NO2/c17-10-5-4-8(6-13(10)20)15-9(7-22)16(23-21-15)14-11(18)2-1-3-12(14)19/h1-6,22H,7H2. The van der Waals surface area contributed by atoms with Gasteiger partial charge in [0.25, 0.3) is 0 Å². The highest BCUT2D eigenvalue weighted by atomic mass is 19.2. The number of rotatable bonds is 3. The summed E-state index contributed by atoms with van der Waals surface area (Å²) in [6.45, 7) is -0.652. The fraction of sp³-hybridized carbons (Fsp3) is 0.0625. The summed E-state index contributed by atoms with van der Waals surface area (Å²) in [6, 6.07) is 6.19. The fourth-order valence-corrected chi connectivity index (χ4v) is 2.24. The third-order valence-electron chi connectivity index (χ3n) is 3.33. The molecule has 0 bridgehead atoms. The second kappa shape index (κ2) is 5.85. The Kier molecular flexibility index (Phi) is 3.87. The topological polar surface area (TPSA) is 46.3 Å². The van der Waals surface area contributed by atoms with Crippen LogP contribution < -0.4 is 0 Å². The number of halogens is 4. The van der Waals surface area contributed by atoms with Crippen LogP contribution in [0.1, 0.15) is 5.56 Å². The average Bonchev–Trinajstić information content (AvgIpc) is 2.93. The summed E-state index contributed by atoms with van der Waals surface area (Å²) in [5, 5.41) is 13.1. The lowest BCUT2D eigenvalue weighted by molar-refractivity contribution is 0.281. The van der Waals surface area contributed by atoms with Crippen molar-refractivity contribution in [2.24, 2.45) is 0 Å². The molecule has 0 atom stereocenters. The van der Waals surface area contributed by atoms with E-state index in [2.05, 4.69) is 5.16 Å². The summed E-state index contributed by atoms with van der Waals surface area (Å²) >= 11 is 0. The molecule has 0 saturated carbocycles. The average molecular weight is 323 g/mol. The zero-order valence-corrected chi connectivity index (χ0v) is 11.5. The van der Waals surface area contributed by atoms with Crippen molar-refractivity contribution in [2.75, 3.05) is 0 Å². The van der Waals surface area contributed by atoms with E-state index in [-0.39, 0.29) is 22.6 Å². The van der Waals surface area contributed by atoms with Crippen LogP contribution in [0.15, 0.2) is 40.9 Å². The first-order valence-electron chi connectivity index (χ1n) is 6.52. The number of hydrogen-bond donors (Lipinski definition) is 1. The van der Waals surface area contributed by atoms with Gasteiger partial charge >= 0.3 is 0 Å². The maximum Gasteiger partial charge on any atom is 0.178 e. The smallest absolute Gasteiger partial charge is 0.178 e. The molecule has 0 aliphatic carbocycles. The van der Waals surface area contributed by atoms with Gasteiger partial charge in [0.2, 0.25) is 0 Å². The molecule has 0 radical (unpaired) electrons. The van der Waals surface area contributed by atoms with Crippen LogP contribution in [0, 0.1) is 23.3 Å². The van der Waals surface area contributed by atoms with Crippen molar-refractivity contribution in [1.29, 1.82) is 0 Å². The molecule has 3 aromatic rings. The van der Waals surface area contributed by atoms with E-state index in [9.17, 15) is 22.7 Å². The summed E-state index contributed by atoms with van der Waals surface area (Å²) in [5.74, 6) is -4.26. The Labute approximate surface area is 127 Å². The molecule has 0 saturated heterocycles. The lowest BCUT2D eigenvalue weighted by atomic mass is 10.0. The first-order valence-corrected chi connectivity index (χ1v) is 6.52. The van der Waals surface area contributed by atoms with E-state index in [1.165, 1.54) is 12.1 Å². The number of aliphatic hydroxyl groups excluding tert-OH is 1. The van der Waals surface area contributed by atoms with Gasteiger partial charge in [-0.25, -0.2) is 17.6 Å². The van der Waals surface area contributed by atoms with Crippen LogP contribution in [0.3, 0.4) is 0 Å². The summed E-state index contributed by atoms with van der Waals surface area (Å²) in [5.41, 5.74) is -0.429. The third kappa shape index (κ3) is 2.59. The maximum absolute atomic E-state index is 13.9.